The number of thioether (sulfide) groups is 1. The Balaban J connectivity index is 1.64. The average Bonchev–Trinajstić information content (AvgIpc) is 3.21. The Kier molecular flexibility index (Phi) is 6.38. The van der Waals surface area contributed by atoms with Gasteiger partial charge < -0.3 is 19.5 Å². The van der Waals surface area contributed by atoms with Gasteiger partial charge in [-0.25, -0.2) is 4.98 Å². The number of methoxy groups -OCH3 is 3. The van der Waals surface area contributed by atoms with Gasteiger partial charge in [-0.05, 0) is 24.3 Å². The van der Waals surface area contributed by atoms with E-state index in [-0.39, 0.29) is 11.7 Å². The number of aromatic amines is 1. The molecule has 8 nitrogen and oxygen atoms in total. The van der Waals surface area contributed by atoms with Gasteiger partial charge in [0.2, 0.25) is 11.1 Å². The number of amides is 1. The monoisotopic (exact) mass is 400 g/mol. The normalized spacial score (nSPS) is 10.4. The number of ether oxygens (including phenoxy) is 3. The zero-order chi connectivity index (χ0) is 19.9. The zero-order valence-corrected chi connectivity index (χ0v) is 16.5. The molecule has 0 saturated heterocycles. The summed E-state index contributed by atoms with van der Waals surface area (Å²) in [5, 5.41) is 10.3. The number of rotatable bonds is 8. The summed E-state index contributed by atoms with van der Waals surface area (Å²) in [6.07, 6.45) is 0. The summed E-state index contributed by atoms with van der Waals surface area (Å²) in [4.78, 5) is 16.6. The number of aromatic nitrogens is 3. The van der Waals surface area contributed by atoms with Crippen LogP contribution in [0.25, 0.3) is 11.4 Å². The summed E-state index contributed by atoms with van der Waals surface area (Å²) in [5.41, 5.74) is 1.39. The van der Waals surface area contributed by atoms with Crippen molar-refractivity contribution in [3.8, 4) is 28.6 Å². The van der Waals surface area contributed by atoms with Crippen LogP contribution >= 0.6 is 11.8 Å². The Morgan fingerprint density at radius 1 is 1.07 bits per heavy atom. The number of nitrogens with one attached hydrogen (secondary N) is 2. The number of carbonyl (C=O) groups excluding carboxylic acids is 1. The van der Waals surface area contributed by atoms with Crippen molar-refractivity contribution in [2.45, 2.75) is 5.16 Å². The SMILES string of the molecule is COc1cc(OC)cc(-c2nc(SCC(=O)Nc3ccccc3OC)n[nH]2)c1. The molecule has 3 aromatic rings. The second kappa shape index (κ2) is 9.14. The maximum atomic E-state index is 12.2. The van der Waals surface area contributed by atoms with Gasteiger partial charge in [-0.15, -0.1) is 5.10 Å². The lowest BCUT2D eigenvalue weighted by molar-refractivity contribution is -0.113. The molecule has 1 aromatic heterocycles. The van der Waals surface area contributed by atoms with Gasteiger partial charge >= 0.3 is 0 Å². The molecule has 28 heavy (non-hydrogen) atoms. The fourth-order valence-corrected chi connectivity index (χ4v) is 3.05. The maximum Gasteiger partial charge on any atom is 0.234 e. The molecule has 9 heteroatoms. The van der Waals surface area contributed by atoms with E-state index in [1.807, 2.05) is 24.3 Å². The average molecular weight is 400 g/mol. The van der Waals surface area contributed by atoms with Crippen LogP contribution < -0.4 is 19.5 Å². The summed E-state index contributed by atoms with van der Waals surface area (Å²) >= 11 is 1.23. The second-order valence-corrected chi connectivity index (χ2v) is 6.55. The quantitative estimate of drug-likeness (QED) is 0.560. The van der Waals surface area contributed by atoms with Crippen molar-refractivity contribution in [2.75, 3.05) is 32.4 Å². The van der Waals surface area contributed by atoms with Crippen LogP contribution in [0.3, 0.4) is 0 Å². The van der Waals surface area contributed by atoms with E-state index in [1.165, 1.54) is 11.8 Å². The van der Waals surface area contributed by atoms with Crippen molar-refractivity contribution < 1.29 is 19.0 Å². The fourth-order valence-electron chi connectivity index (χ4n) is 2.45. The van der Waals surface area contributed by atoms with Gasteiger partial charge in [-0.3, -0.25) is 9.89 Å². The van der Waals surface area contributed by atoms with Crippen LogP contribution in [-0.2, 0) is 4.79 Å². The van der Waals surface area contributed by atoms with Gasteiger partial charge in [0.05, 0.1) is 32.8 Å². The van der Waals surface area contributed by atoms with E-state index in [2.05, 4.69) is 20.5 Å². The molecule has 2 N–H and O–H groups in total. The molecule has 2 aromatic carbocycles. The molecule has 0 aliphatic rings. The van der Waals surface area contributed by atoms with Crippen molar-refractivity contribution in [1.29, 1.82) is 0 Å². The van der Waals surface area contributed by atoms with Crippen LogP contribution in [0.5, 0.6) is 17.2 Å². The number of H-pyrrole nitrogens is 1. The molecule has 0 spiro atoms. The third kappa shape index (κ3) is 4.74. The van der Waals surface area contributed by atoms with E-state index < -0.39 is 0 Å². The molecule has 0 unspecified atom stereocenters. The predicted molar refractivity (Wildman–Crippen MR) is 107 cm³/mol. The lowest BCUT2D eigenvalue weighted by Crippen LogP contribution is -2.14. The van der Waals surface area contributed by atoms with Crippen LogP contribution in [0.2, 0.25) is 0 Å². The first-order valence-electron chi connectivity index (χ1n) is 8.34. The molecule has 1 heterocycles. The van der Waals surface area contributed by atoms with Crippen LogP contribution in [0.1, 0.15) is 0 Å². The molecule has 146 valence electrons. The third-order valence-electron chi connectivity index (χ3n) is 3.80. The number of carbonyl (C=O) groups is 1. The number of para-hydroxylation sites is 2. The molecule has 0 saturated carbocycles. The predicted octanol–water partition coefficient (Wildman–Crippen LogP) is 3.23. The minimum atomic E-state index is -0.177. The van der Waals surface area contributed by atoms with E-state index in [4.69, 9.17) is 14.2 Å². The first kappa shape index (κ1) is 19.6. The van der Waals surface area contributed by atoms with Crippen LogP contribution in [0.4, 0.5) is 5.69 Å². The first-order valence-corrected chi connectivity index (χ1v) is 9.33. The van der Waals surface area contributed by atoms with E-state index in [1.54, 1.807) is 39.5 Å². The fraction of sp³-hybridized carbons (Fsp3) is 0.211. The smallest absolute Gasteiger partial charge is 0.234 e. The summed E-state index contributed by atoms with van der Waals surface area (Å²) in [6.45, 7) is 0. The molecular weight excluding hydrogens is 380 g/mol. The summed E-state index contributed by atoms with van der Waals surface area (Å²) < 4.78 is 15.8. The number of anilines is 1. The lowest BCUT2D eigenvalue weighted by atomic mass is 10.2. The highest BCUT2D eigenvalue weighted by Crippen LogP contribution is 2.29. The van der Waals surface area contributed by atoms with E-state index in [0.29, 0.717) is 33.9 Å². The minimum Gasteiger partial charge on any atom is -0.497 e. The van der Waals surface area contributed by atoms with Crippen molar-refractivity contribution in [3.05, 3.63) is 42.5 Å². The second-order valence-electron chi connectivity index (χ2n) is 5.61. The van der Waals surface area contributed by atoms with Gasteiger partial charge in [0.25, 0.3) is 0 Å². The third-order valence-corrected chi connectivity index (χ3v) is 4.65. The topological polar surface area (TPSA) is 98.4 Å². The van der Waals surface area contributed by atoms with E-state index in [0.717, 1.165) is 5.56 Å². The molecule has 3 rings (SSSR count). The van der Waals surface area contributed by atoms with Gasteiger partial charge in [0, 0.05) is 11.6 Å². The number of benzene rings is 2. The number of hydrogen-bond donors (Lipinski definition) is 2. The van der Waals surface area contributed by atoms with E-state index >= 15 is 0 Å². The summed E-state index contributed by atoms with van der Waals surface area (Å²) in [7, 11) is 4.73. The first-order chi connectivity index (χ1) is 13.6. The molecule has 1 amide bonds. The Labute approximate surface area is 166 Å². The van der Waals surface area contributed by atoms with E-state index in [9.17, 15) is 4.79 Å². The van der Waals surface area contributed by atoms with Crippen molar-refractivity contribution >= 4 is 23.4 Å². The summed E-state index contributed by atoms with van der Waals surface area (Å²) in [6, 6.07) is 12.7. The molecule has 0 bridgehead atoms. The zero-order valence-electron chi connectivity index (χ0n) is 15.7. The minimum absolute atomic E-state index is 0.163. The maximum absolute atomic E-state index is 12.2. The largest absolute Gasteiger partial charge is 0.497 e. The number of hydrogen-bond acceptors (Lipinski definition) is 7. The highest BCUT2D eigenvalue weighted by atomic mass is 32.2. The van der Waals surface area contributed by atoms with Gasteiger partial charge in [0.1, 0.15) is 17.2 Å². The Morgan fingerprint density at radius 2 is 1.79 bits per heavy atom. The van der Waals surface area contributed by atoms with Crippen molar-refractivity contribution in [2.24, 2.45) is 0 Å². The molecule has 0 fully saturated rings. The van der Waals surface area contributed by atoms with Gasteiger partial charge in [-0.1, -0.05) is 23.9 Å². The highest BCUT2D eigenvalue weighted by molar-refractivity contribution is 7.99. The van der Waals surface area contributed by atoms with Crippen LogP contribution in [0, 0.1) is 0 Å². The standard InChI is InChI=1S/C19H20N4O4S/c1-25-13-8-12(9-14(10-13)26-2)18-21-19(23-22-18)28-11-17(24)20-15-6-4-5-7-16(15)27-3/h4-10H,11H2,1-3H3,(H,20,24)(H,21,22,23). The van der Waals surface area contributed by atoms with Crippen LogP contribution in [0.15, 0.2) is 47.6 Å². The lowest BCUT2D eigenvalue weighted by Gasteiger charge is -2.08. The Hall–Kier alpha value is -3.20. The summed E-state index contributed by atoms with van der Waals surface area (Å²) in [5.74, 6) is 2.45. The van der Waals surface area contributed by atoms with Crippen molar-refractivity contribution in [1.82, 2.24) is 15.2 Å². The Bertz CT molecular complexity index is 938. The number of nitrogens with zero attached hydrogens (tertiary/aromatic N) is 2. The van der Waals surface area contributed by atoms with Crippen LogP contribution in [-0.4, -0.2) is 48.2 Å². The molecule has 0 radical (unpaired) electrons. The van der Waals surface area contributed by atoms with Gasteiger partial charge in [-0.2, -0.15) is 0 Å². The van der Waals surface area contributed by atoms with Gasteiger partial charge in [0.15, 0.2) is 5.82 Å². The molecule has 0 aliphatic carbocycles. The highest BCUT2D eigenvalue weighted by Gasteiger charge is 2.12. The van der Waals surface area contributed by atoms with Crippen molar-refractivity contribution in [3.63, 3.8) is 0 Å². The Morgan fingerprint density at radius 3 is 2.46 bits per heavy atom. The molecule has 0 atom stereocenters. The molecular formula is C19H20N4O4S. The molecule has 0 aliphatic heterocycles.